The van der Waals surface area contributed by atoms with Crippen molar-refractivity contribution < 1.29 is 9.18 Å². The third-order valence-electron chi connectivity index (χ3n) is 3.34. The number of hydrogen-bond acceptors (Lipinski definition) is 3. The minimum atomic E-state index is -0.325. The number of likely N-dealkylation sites (N-methyl/N-ethyl adjacent to an activating group) is 1. The quantitative estimate of drug-likeness (QED) is 0.824. The van der Waals surface area contributed by atoms with E-state index in [4.69, 9.17) is 0 Å². The summed E-state index contributed by atoms with van der Waals surface area (Å²) in [6, 6.07) is 8.86. The van der Waals surface area contributed by atoms with Gasteiger partial charge in [-0.15, -0.1) is 11.3 Å². The molecule has 1 heterocycles. The Morgan fingerprint density at radius 1 is 1.41 bits per heavy atom. The molecule has 6 heteroatoms. The van der Waals surface area contributed by atoms with E-state index in [9.17, 15) is 9.18 Å². The van der Waals surface area contributed by atoms with Crippen LogP contribution in [0.4, 0.5) is 4.39 Å². The molecular formula is C16H18BrFN2OS. The molecule has 3 nitrogen and oxygen atoms in total. The molecule has 1 unspecified atom stereocenters. The van der Waals surface area contributed by atoms with Crippen molar-refractivity contribution >= 4 is 33.2 Å². The van der Waals surface area contributed by atoms with Gasteiger partial charge in [0.2, 0.25) is 5.91 Å². The molecule has 0 fully saturated rings. The Balaban J connectivity index is 1.92. The summed E-state index contributed by atoms with van der Waals surface area (Å²) in [5.74, 6) is -0.392. The highest BCUT2D eigenvalue weighted by atomic mass is 79.9. The summed E-state index contributed by atoms with van der Waals surface area (Å²) < 4.78 is 13.6. The van der Waals surface area contributed by atoms with Crippen molar-refractivity contribution in [2.45, 2.75) is 12.5 Å². The van der Waals surface area contributed by atoms with E-state index < -0.39 is 0 Å². The van der Waals surface area contributed by atoms with Gasteiger partial charge in [0.05, 0.1) is 16.9 Å². The Bertz CT molecular complexity index is 631. The molecule has 2 rings (SSSR count). The van der Waals surface area contributed by atoms with Crippen LogP contribution in [-0.4, -0.2) is 31.4 Å². The molecule has 0 radical (unpaired) electrons. The number of hydrogen-bond donors (Lipinski definition) is 1. The van der Waals surface area contributed by atoms with Gasteiger partial charge >= 0.3 is 0 Å². The molecule has 0 bridgehead atoms. The first-order valence-electron chi connectivity index (χ1n) is 6.88. The Hall–Kier alpha value is -1.24. The van der Waals surface area contributed by atoms with Crippen LogP contribution in [0.3, 0.4) is 0 Å². The third-order valence-corrected chi connectivity index (χ3v) is 4.92. The normalized spacial score (nSPS) is 12.4. The second kappa shape index (κ2) is 7.85. The average molecular weight is 385 g/mol. The van der Waals surface area contributed by atoms with E-state index in [0.29, 0.717) is 11.0 Å². The molecule has 0 aliphatic carbocycles. The standard InChI is InChI=1S/C16H18BrFN2OS/c1-20(2)14(15-4-3-7-22-15)10-19-16(21)9-11-5-6-13(18)12(17)8-11/h3-8,14H,9-10H2,1-2H3,(H,19,21). The van der Waals surface area contributed by atoms with E-state index in [0.717, 1.165) is 5.56 Å². The zero-order chi connectivity index (χ0) is 16.1. The van der Waals surface area contributed by atoms with Crippen LogP contribution in [0.25, 0.3) is 0 Å². The van der Waals surface area contributed by atoms with E-state index in [-0.39, 0.29) is 24.2 Å². The van der Waals surface area contributed by atoms with Crippen molar-refractivity contribution in [3.63, 3.8) is 0 Å². The summed E-state index contributed by atoms with van der Waals surface area (Å²) in [6.07, 6.45) is 0.240. The molecule has 0 aliphatic heterocycles. The van der Waals surface area contributed by atoms with E-state index in [1.807, 2.05) is 25.5 Å². The van der Waals surface area contributed by atoms with Crippen LogP contribution in [0.1, 0.15) is 16.5 Å². The summed E-state index contributed by atoms with van der Waals surface area (Å²) >= 11 is 4.81. The first-order valence-corrected chi connectivity index (χ1v) is 8.55. The van der Waals surface area contributed by atoms with Crippen LogP contribution >= 0.6 is 27.3 Å². The van der Waals surface area contributed by atoms with E-state index >= 15 is 0 Å². The predicted octanol–water partition coefficient (Wildman–Crippen LogP) is 3.61. The van der Waals surface area contributed by atoms with Gasteiger partial charge in [-0.3, -0.25) is 4.79 Å². The van der Waals surface area contributed by atoms with Crippen LogP contribution < -0.4 is 5.32 Å². The molecule has 22 heavy (non-hydrogen) atoms. The third kappa shape index (κ3) is 4.63. The Kier molecular flexibility index (Phi) is 6.11. The van der Waals surface area contributed by atoms with Gasteiger partial charge in [0.25, 0.3) is 0 Å². The number of nitrogens with zero attached hydrogens (tertiary/aromatic N) is 1. The summed E-state index contributed by atoms with van der Waals surface area (Å²) in [5.41, 5.74) is 0.781. The first kappa shape index (κ1) is 17.1. The lowest BCUT2D eigenvalue weighted by molar-refractivity contribution is -0.120. The van der Waals surface area contributed by atoms with Crippen molar-refractivity contribution in [1.29, 1.82) is 0 Å². The highest BCUT2D eigenvalue weighted by molar-refractivity contribution is 9.10. The predicted molar refractivity (Wildman–Crippen MR) is 91.6 cm³/mol. The highest BCUT2D eigenvalue weighted by Crippen LogP contribution is 2.22. The lowest BCUT2D eigenvalue weighted by atomic mass is 10.1. The molecule has 2 aromatic rings. The van der Waals surface area contributed by atoms with Crippen molar-refractivity contribution in [2.75, 3.05) is 20.6 Å². The zero-order valence-electron chi connectivity index (χ0n) is 12.5. The molecule has 0 saturated carbocycles. The molecule has 1 aromatic carbocycles. The minimum Gasteiger partial charge on any atom is -0.354 e. The van der Waals surface area contributed by atoms with Gasteiger partial charge in [0.15, 0.2) is 0 Å². The SMILES string of the molecule is CN(C)C(CNC(=O)Cc1ccc(F)c(Br)c1)c1cccs1. The second-order valence-electron chi connectivity index (χ2n) is 5.22. The fraction of sp³-hybridized carbons (Fsp3) is 0.312. The maximum absolute atomic E-state index is 13.2. The molecule has 1 aromatic heterocycles. The Labute approximate surface area is 142 Å². The largest absolute Gasteiger partial charge is 0.354 e. The van der Waals surface area contributed by atoms with Crippen LogP contribution in [-0.2, 0) is 11.2 Å². The summed E-state index contributed by atoms with van der Waals surface area (Å²) in [5, 5.41) is 4.98. The number of carbonyl (C=O) groups excluding carboxylic acids is 1. The summed E-state index contributed by atoms with van der Waals surface area (Å²) in [6.45, 7) is 0.550. The monoisotopic (exact) mass is 384 g/mol. The molecule has 0 aliphatic rings. The van der Waals surface area contributed by atoms with E-state index in [1.165, 1.54) is 10.9 Å². The Morgan fingerprint density at radius 2 is 2.18 bits per heavy atom. The molecule has 0 spiro atoms. The molecule has 1 atom stereocenters. The smallest absolute Gasteiger partial charge is 0.224 e. The van der Waals surface area contributed by atoms with Gasteiger partial charge < -0.3 is 10.2 Å². The van der Waals surface area contributed by atoms with Crippen molar-refractivity contribution in [2.24, 2.45) is 0 Å². The van der Waals surface area contributed by atoms with Gasteiger partial charge in [-0.25, -0.2) is 4.39 Å². The molecule has 1 amide bonds. The zero-order valence-corrected chi connectivity index (χ0v) is 14.9. The van der Waals surface area contributed by atoms with E-state index in [1.54, 1.807) is 23.5 Å². The number of benzene rings is 1. The number of carbonyl (C=O) groups is 1. The van der Waals surface area contributed by atoms with Crippen LogP contribution in [0.5, 0.6) is 0 Å². The van der Waals surface area contributed by atoms with E-state index in [2.05, 4.69) is 32.2 Å². The lowest BCUT2D eigenvalue weighted by Gasteiger charge is -2.23. The minimum absolute atomic E-state index is 0.0677. The van der Waals surface area contributed by atoms with Gasteiger partial charge in [0, 0.05) is 11.4 Å². The number of thiophene rings is 1. The van der Waals surface area contributed by atoms with Gasteiger partial charge in [0.1, 0.15) is 5.82 Å². The molecule has 1 N–H and O–H groups in total. The maximum Gasteiger partial charge on any atom is 0.224 e. The van der Waals surface area contributed by atoms with Gasteiger partial charge in [-0.05, 0) is 59.2 Å². The van der Waals surface area contributed by atoms with Crippen molar-refractivity contribution in [1.82, 2.24) is 10.2 Å². The number of halogens is 2. The topological polar surface area (TPSA) is 32.3 Å². The van der Waals surface area contributed by atoms with Gasteiger partial charge in [-0.2, -0.15) is 0 Å². The first-order chi connectivity index (χ1) is 10.5. The van der Waals surface area contributed by atoms with Crippen LogP contribution in [0.2, 0.25) is 0 Å². The fourth-order valence-corrected chi connectivity index (χ4v) is 3.48. The maximum atomic E-state index is 13.2. The fourth-order valence-electron chi connectivity index (χ4n) is 2.13. The molecular weight excluding hydrogens is 367 g/mol. The summed E-state index contributed by atoms with van der Waals surface area (Å²) in [4.78, 5) is 15.4. The average Bonchev–Trinajstić information content (AvgIpc) is 2.97. The van der Waals surface area contributed by atoms with Gasteiger partial charge in [-0.1, -0.05) is 12.1 Å². The summed E-state index contributed by atoms with van der Waals surface area (Å²) in [7, 11) is 3.99. The number of nitrogens with one attached hydrogen (secondary N) is 1. The van der Waals surface area contributed by atoms with Crippen molar-refractivity contribution in [3.05, 3.63) is 56.4 Å². The number of amides is 1. The lowest BCUT2D eigenvalue weighted by Crippen LogP contribution is -2.34. The molecule has 0 saturated heterocycles. The van der Waals surface area contributed by atoms with Crippen LogP contribution in [0.15, 0.2) is 40.2 Å². The van der Waals surface area contributed by atoms with Crippen molar-refractivity contribution in [3.8, 4) is 0 Å². The number of rotatable bonds is 6. The van der Waals surface area contributed by atoms with Crippen LogP contribution in [0, 0.1) is 5.82 Å². The highest BCUT2D eigenvalue weighted by Gasteiger charge is 2.16. The second-order valence-corrected chi connectivity index (χ2v) is 7.06. The molecule has 118 valence electrons. The Morgan fingerprint density at radius 3 is 2.77 bits per heavy atom.